The highest BCUT2D eigenvalue weighted by atomic mass is 32.2. The van der Waals surface area contributed by atoms with Crippen molar-refractivity contribution < 1.29 is 36.5 Å². The molecule has 3 aromatic rings. The minimum atomic E-state index is -3.87. The van der Waals surface area contributed by atoms with Gasteiger partial charge in [-0.25, -0.2) is 22.8 Å². The number of rotatable bonds is 10. The largest absolute Gasteiger partial charge is 0.494 e. The Labute approximate surface area is 243 Å². The molecule has 3 atom stereocenters. The van der Waals surface area contributed by atoms with Crippen LogP contribution in [0.2, 0.25) is 0 Å². The van der Waals surface area contributed by atoms with Crippen LogP contribution in [0.4, 0.5) is 10.3 Å². The minimum absolute atomic E-state index is 0.102. The molecule has 0 saturated carbocycles. The number of nitrogens with zero attached hydrogens (tertiary/aromatic N) is 6. The highest BCUT2D eigenvalue weighted by Gasteiger charge is 2.39. The van der Waals surface area contributed by atoms with Crippen LogP contribution in [0.3, 0.4) is 0 Å². The topological polar surface area (TPSA) is 140 Å². The Morgan fingerprint density at radius 2 is 1.79 bits per heavy atom. The summed E-state index contributed by atoms with van der Waals surface area (Å²) in [6.45, 7) is 5.27. The van der Waals surface area contributed by atoms with E-state index in [9.17, 15) is 12.8 Å². The summed E-state index contributed by atoms with van der Waals surface area (Å²) in [4.78, 5) is 9.86. The number of piperidine rings is 1. The molecule has 228 valence electrons. The van der Waals surface area contributed by atoms with Crippen LogP contribution in [0.25, 0.3) is 5.69 Å². The van der Waals surface area contributed by atoms with E-state index in [1.807, 2.05) is 13.8 Å². The Morgan fingerprint density at radius 1 is 1.07 bits per heavy atom. The minimum Gasteiger partial charge on any atom is -0.494 e. The Bertz CT molecular complexity index is 1440. The summed E-state index contributed by atoms with van der Waals surface area (Å²) in [6, 6.07) is 5.26. The van der Waals surface area contributed by atoms with Crippen molar-refractivity contribution in [3.05, 3.63) is 48.1 Å². The second kappa shape index (κ2) is 12.9. The predicted molar refractivity (Wildman–Crippen MR) is 149 cm³/mol. The van der Waals surface area contributed by atoms with Gasteiger partial charge in [0.1, 0.15) is 29.0 Å². The van der Waals surface area contributed by atoms with Gasteiger partial charge < -0.3 is 28.6 Å². The first-order valence-corrected chi connectivity index (χ1v) is 15.4. The van der Waals surface area contributed by atoms with E-state index in [2.05, 4.69) is 20.2 Å². The molecule has 0 amide bonds. The van der Waals surface area contributed by atoms with Crippen molar-refractivity contribution in [2.45, 2.75) is 49.6 Å². The average molecular weight is 607 g/mol. The van der Waals surface area contributed by atoms with Crippen molar-refractivity contribution in [2.75, 3.05) is 52.0 Å². The maximum Gasteiger partial charge on any atom is 0.225 e. The summed E-state index contributed by atoms with van der Waals surface area (Å²) in [5.41, 5.74) is 0.452. The van der Waals surface area contributed by atoms with Crippen LogP contribution in [0.15, 0.2) is 30.6 Å². The van der Waals surface area contributed by atoms with Gasteiger partial charge in [-0.2, -0.15) is 0 Å². The zero-order chi connectivity index (χ0) is 29.9. The van der Waals surface area contributed by atoms with E-state index in [-0.39, 0.29) is 37.4 Å². The Balaban J connectivity index is 1.53. The Hall–Kier alpha value is -3.40. The molecule has 15 heteroatoms. The third-order valence-corrected chi connectivity index (χ3v) is 9.07. The van der Waals surface area contributed by atoms with E-state index in [1.54, 1.807) is 27.7 Å². The lowest BCUT2D eigenvalue weighted by molar-refractivity contribution is -0.0942. The maximum absolute atomic E-state index is 14.1. The first kappa shape index (κ1) is 30.1. The molecule has 4 heterocycles. The number of sulfone groups is 1. The number of anilines is 1. The summed E-state index contributed by atoms with van der Waals surface area (Å²) in [7, 11) is -0.838. The van der Waals surface area contributed by atoms with Crippen LogP contribution in [-0.4, -0.2) is 97.7 Å². The summed E-state index contributed by atoms with van der Waals surface area (Å²) < 4.78 is 72.2. The number of hydrogen-bond donors (Lipinski definition) is 0. The van der Waals surface area contributed by atoms with Crippen molar-refractivity contribution in [3.8, 4) is 17.2 Å². The number of halogens is 1. The van der Waals surface area contributed by atoms with E-state index in [0.29, 0.717) is 42.8 Å². The van der Waals surface area contributed by atoms with Gasteiger partial charge in [0, 0.05) is 13.1 Å². The fraction of sp³-hybridized carbons (Fsp3) is 0.556. The number of ether oxygens (including phenoxy) is 5. The van der Waals surface area contributed by atoms with Crippen molar-refractivity contribution in [1.82, 2.24) is 24.7 Å². The zero-order valence-electron chi connectivity index (χ0n) is 24.0. The highest BCUT2D eigenvalue weighted by molar-refractivity contribution is 7.91. The second-order valence-electron chi connectivity index (χ2n) is 10.3. The molecule has 42 heavy (non-hydrogen) atoms. The van der Waals surface area contributed by atoms with Crippen LogP contribution < -0.4 is 14.4 Å². The van der Waals surface area contributed by atoms with Gasteiger partial charge in [-0.15, -0.1) is 10.2 Å². The summed E-state index contributed by atoms with van der Waals surface area (Å²) in [5, 5.41) is 7.84. The number of hydrogen-bond acceptors (Lipinski definition) is 12. The molecule has 2 fully saturated rings. The Morgan fingerprint density at radius 3 is 2.40 bits per heavy atom. The van der Waals surface area contributed by atoms with E-state index < -0.39 is 38.9 Å². The molecule has 1 aromatic carbocycles. The number of benzene rings is 1. The quantitative estimate of drug-likeness (QED) is 0.334. The lowest BCUT2D eigenvalue weighted by Gasteiger charge is -2.38. The third kappa shape index (κ3) is 6.48. The number of para-hydroxylation sites is 1. The van der Waals surface area contributed by atoms with Crippen molar-refractivity contribution in [1.29, 1.82) is 0 Å². The predicted octanol–water partition coefficient (Wildman–Crippen LogP) is 2.29. The van der Waals surface area contributed by atoms with Gasteiger partial charge in [-0.3, -0.25) is 4.57 Å². The van der Waals surface area contributed by atoms with Gasteiger partial charge in [0.15, 0.2) is 27.3 Å². The lowest BCUT2D eigenvalue weighted by Crippen LogP contribution is -2.51. The van der Waals surface area contributed by atoms with Gasteiger partial charge in [0.05, 0.1) is 63.9 Å². The van der Waals surface area contributed by atoms with Gasteiger partial charge in [0.25, 0.3) is 0 Å². The molecule has 2 saturated heterocycles. The van der Waals surface area contributed by atoms with Crippen LogP contribution >= 0.6 is 0 Å². The number of methoxy groups -OCH3 is 2. The number of aromatic nitrogens is 5. The smallest absolute Gasteiger partial charge is 0.225 e. The summed E-state index contributed by atoms with van der Waals surface area (Å²) in [5.74, 6) is 0.622. The fourth-order valence-corrected chi connectivity index (χ4v) is 6.94. The Kier molecular flexibility index (Phi) is 9.20. The first-order valence-electron chi connectivity index (χ1n) is 13.6. The SMILES string of the molecule is COc1cccc(OC)c1-n1c(CS(=O)(=O)[C@H]2C[C@@H](OC(C)C)CN(c3ncc(F)cn3)C2)nnc1[C@H]1COCCO1. The molecule has 2 aliphatic heterocycles. The molecule has 5 rings (SSSR count). The summed E-state index contributed by atoms with van der Waals surface area (Å²) >= 11 is 0. The van der Waals surface area contributed by atoms with Crippen LogP contribution in [0.5, 0.6) is 11.5 Å². The molecule has 0 radical (unpaired) electrons. The normalized spacial score (nSPS) is 21.5. The molecule has 0 aliphatic carbocycles. The third-order valence-electron chi connectivity index (χ3n) is 7.05. The van der Waals surface area contributed by atoms with Gasteiger partial charge in [0.2, 0.25) is 5.95 Å². The monoisotopic (exact) mass is 606 g/mol. The molecule has 0 unspecified atom stereocenters. The van der Waals surface area contributed by atoms with Gasteiger partial charge in [-0.1, -0.05) is 6.07 Å². The molecule has 2 aliphatic rings. The lowest BCUT2D eigenvalue weighted by atomic mass is 10.1. The van der Waals surface area contributed by atoms with E-state index in [1.165, 1.54) is 14.2 Å². The molecule has 13 nitrogen and oxygen atoms in total. The molecule has 0 spiro atoms. The first-order chi connectivity index (χ1) is 20.2. The van der Waals surface area contributed by atoms with Crippen molar-refractivity contribution in [3.63, 3.8) is 0 Å². The van der Waals surface area contributed by atoms with Crippen molar-refractivity contribution >= 4 is 15.8 Å². The molecule has 2 aromatic heterocycles. The van der Waals surface area contributed by atoms with Crippen LogP contribution in [0.1, 0.15) is 38.0 Å². The van der Waals surface area contributed by atoms with Crippen molar-refractivity contribution in [2.24, 2.45) is 0 Å². The average Bonchev–Trinajstić information content (AvgIpc) is 3.39. The van der Waals surface area contributed by atoms with E-state index in [4.69, 9.17) is 23.7 Å². The van der Waals surface area contributed by atoms with Crippen LogP contribution in [0, 0.1) is 5.82 Å². The van der Waals surface area contributed by atoms with E-state index in [0.717, 1.165) is 12.4 Å². The van der Waals surface area contributed by atoms with Gasteiger partial charge in [-0.05, 0) is 32.4 Å². The molecular formula is C27H35FN6O7S. The molecular weight excluding hydrogens is 571 g/mol. The summed E-state index contributed by atoms with van der Waals surface area (Å²) in [6.07, 6.45) is 1.25. The standard InChI is InChI=1S/C27H35FN6O7S/c1-17(2)41-19-10-20(14-33(13-19)27-29-11-18(28)12-30-27)42(35,36)16-24-31-32-26(23-15-39-8-9-40-23)34(24)25-21(37-3)6-5-7-22(25)38-4/h5-7,11-12,17,19-20,23H,8-10,13-16H2,1-4H3/t19-,20+,23-/m1/s1. The maximum atomic E-state index is 14.1. The van der Waals surface area contributed by atoms with E-state index >= 15 is 0 Å². The second-order valence-corrected chi connectivity index (χ2v) is 12.6. The zero-order valence-corrected chi connectivity index (χ0v) is 24.8. The van der Waals surface area contributed by atoms with Gasteiger partial charge >= 0.3 is 0 Å². The van der Waals surface area contributed by atoms with Crippen LogP contribution in [-0.2, 0) is 29.8 Å². The molecule has 0 bridgehead atoms. The highest BCUT2D eigenvalue weighted by Crippen LogP contribution is 2.37. The fourth-order valence-electron chi connectivity index (χ4n) is 5.25. The molecule has 0 N–H and O–H groups in total.